The third-order valence-corrected chi connectivity index (χ3v) is 6.77. The number of imidazole rings is 1. The quantitative estimate of drug-likeness (QED) is 0.635. The Kier molecular flexibility index (Phi) is 5.04. The van der Waals surface area contributed by atoms with Crippen LogP contribution in [0.5, 0.6) is 0 Å². The van der Waals surface area contributed by atoms with Gasteiger partial charge in [-0.25, -0.2) is 4.98 Å². The van der Waals surface area contributed by atoms with Gasteiger partial charge in [0.15, 0.2) is 0 Å². The van der Waals surface area contributed by atoms with E-state index in [0.29, 0.717) is 36.2 Å². The van der Waals surface area contributed by atoms with Gasteiger partial charge >= 0.3 is 0 Å². The number of aromatic amines is 1. The lowest BCUT2D eigenvalue weighted by Crippen LogP contribution is -2.38. The third kappa shape index (κ3) is 3.28. The Labute approximate surface area is 186 Å². The van der Waals surface area contributed by atoms with Crippen LogP contribution in [0, 0.1) is 0 Å². The molecule has 0 saturated carbocycles. The van der Waals surface area contributed by atoms with Gasteiger partial charge in [0.2, 0.25) is 0 Å². The summed E-state index contributed by atoms with van der Waals surface area (Å²) < 4.78 is 0. The first kappa shape index (κ1) is 20.4. The fourth-order valence-corrected chi connectivity index (χ4v) is 4.68. The highest BCUT2D eigenvalue weighted by atomic mass is 16.2. The maximum absolute atomic E-state index is 13.1. The molecule has 3 aromatic rings. The first-order chi connectivity index (χ1) is 15.5. The first-order valence-corrected chi connectivity index (χ1v) is 11.2. The molecule has 2 aliphatic rings. The second-order valence-electron chi connectivity index (χ2n) is 8.70. The molecule has 7 nitrogen and oxygen atoms in total. The minimum atomic E-state index is -0.308. The Hall–Kier alpha value is -3.48. The normalized spacial score (nSPS) is 17.8. The Morgan fingerprint density at radius 2 is 1.81 bits per heavy atom. The molecule has 2 aliphatic heterocycles. The minimum Gasteiger partial charge on any atom is -0.342 e. The summed E-state index contributed by atoms with van der Waals surface area (Å²) in [6.45, 7) is 5.06. The lowest BCUT2D eigenvalue weighted by Gasteiger charge is -2.31. The molecule has 1 N–H and O–H groups in total. The zero-order valence-electron chi connectivity index (χ0n) is 18.3. The first-order valence-electron chi connectivity index (χ1n) is 11.2. The molecule has 1 fully saturated rings. The number of amides is 3. The van der Waals surface area contributed by atoms with Crippen molar-refractivity contribution in [3.05, 3.63) is 65.0 Å². The van der Waals surface area contributed by atoms with Crippen molar-refractivity contribution < 1.29 is 14.4 Å². The predicted octanol–water partition coefficient (Wildman–Crippen LogP) is 3.98. The van der Waals surface area contributed by atoms with Crippen LogP contribution in [0.15, 0.2) is 42.5 Å². The molecule has 0 radical (unpaired) electrons. The van der Waals surface area contributed by atoms with Crippen molar-refractivity contribution in [2.45, 2.75) is 45.1 Å². The molecule has 2 aromatic carbocycles. The fourth-order valence-electron chi connectivity index (χ4n) is 4.68. The van der Waals surface area contributed by atoms with Gasteiger partial charge in [-0.05, 0) is 56.5 Å². The van der Waals surface area contributed by atoms with Gasteiger partial charge in [-0.15, -0.1) is 0 Å². The summed E-state index contributed by atoms with van der Waals surface area (Å²) in [6, 6.07) is 12.7. The largest absolute Gasteiger partial charge is 0.342 e. The third-order valence-electron chi connectivity index (χ3n) is 6.77. The summed E-state index contributed by atoms with van der Waals surface area (Å²) in [6.07, 6.45) is 2.35. The Morgan fingerprint density at radius 3 is 2.53 bits per heavy atom. The number of para-hydroxylation sites is 2. The molecule has 1 atom stereocenters. The lowest BCUT2D eigenvalue weighted by molar-refractivity contribution is 0.0593. The molecule has 0 aliphatic carbocycles. The van der Waals surface area contributed by atoms with E-state index in [2.05, 4.69) is 4.98 Å². The Morgan fingerprint density at radius 1 is 1.09 bits per heavy atom. The number of fused-ring (bicyclic) bond motifs is 2. The number of nitrogens with zero attached hydrogens (tertiary/aromatic N) is 3. The van der Waals surface area contributed by atoms with Crippen LogP contribution in [0.2, 0.25) is 0 Å². The van der Waals surface area contributed by atoms with Crippen LogP contribution in [-0.2, 0) is 0 Å². The molecule has 0 bridgehead atoms. The van der Waals surface area contributed by atoms with E-state index >= 15 is 0 Å². The number of H-pyrrole nitrogens is 1. The maximum atomic E-state index is 13.1. The van der Waals surface area contributed by atoms with Crippen molar-refractivity contribution in [3.63, 3.8) is 0 Å². The molecular weight excluding hydrogens is 404 g/mol. The van der Waals surface area contributed by atoms with Gasteiger partial charge in [0.05, 0.1) is 22.2 Å². The van der Waals surface area contributed by atoms with Gasteiger partial charge in [0.1, 0.15) is 5.82 Å². The number of carbonyl (C=O) groups excluding carboxylic acids is 3. The van der Waals surface area contributed by atoms with E-state index in [1.54, 1.807) is 18.2 Å². The molecule has 32 heavy (non-hydrogen) atoms. The van der Waals surface area contributed by atoms with Gasteiger partial charge in [-0.3, -0.25) is 19.3 Å². The van der Waals surface area contributed by atoms with Crippen molar-refractivity contribution >= 4 is 28.8 Å². The van der Waals surface area contributed by atoms with Crippen LogP contribution in [0.1, 0.15) is 75.9 Å². The number of benzene rings is 2. The van der Waals surface area contributed by atoms with Gasteiger partial charge in [-0.2, -0.15) is 0 Å². The average Bonchev–Trinajstić information content (AvgIpc) is 3.37. The van der Waals surface area contributed by atoms with Crippen molar-refractivity contribution in [1.82, 2.24) is 19.8 Å². The van der Waals surface area contributed by atoms with E-state index in [9.17, 15) is 14.4 Å². The number of piperidine rings is 1. The molecule has 5 rings (SSSR count). The highest BCUT2D eigenvalue weighted by Crippen LogP contribution is 2.30. The molecule has 0 spiro atoms. The Balaban J connectivity index is 1.30. The Bertz CT molecular complexity index is 1190. The van der Waals surface area contributed by atoms with Crippen LogP contribution < -0.4 is 0 Å². The van der Waals surface area contributed by atoms with Crippen molar-refractivity contribution in [3.8, 4) is 0 Å². The fraction of sp³-hybridized carbons (Fsp3) is 0.360. The van der Waals surface area contributed by atoms with E-state index < -0.39 is 0 Å². The van der Waals surface area contributed by atoms with E-state index in [0.717, 1.165) is 29.7 Å². The van der Waals surface area contributed by atoms with E-state index in [1.165, 1.54) is 4.90 Å². The maximum Gasteiger partial charge on any atom is 0.261 e. The molecule has 1 aromatic heterocycles. The monoisotopic (exact) mass is 430 g/mol. The highest BCUT2D eigenvalue weighted by Gasteiger charge is 2.38. The van der Waals surface area contributed by atoms with Crippen LogP contribution >= 0.6 is 0 Å². The number of carbonyl (C=O) groups is 3. The molecule has 3 amide bonds. The second kappa shape index (κ2) is 7.89. The van der Waals surface area contributed by atoms with Gasteiger partial charge in [-0.1, -0.05) is 19.1 Å². The minimum absolute atomic E-state index is 0.0990. The SMILES string of the molecule is CCC(C)N1C(=O)c2ccc(C(=O)N3CCC(c4nc5ccccc5[nH]4)CC3)cc2C1=O. The summed E-state index contributed by atoms with van der Waals surface area (Å²) in [5.41, 5.74) is 3.17. The number of aromatic nitrogens is 2. The predicted molar refractivity (Wildman–Crippen MR) is 121 cm³/mol. The zero-order valence-corrected chi connectivity index (χ0v) is 18.3. The van der Waals surface area contributed by atoms with E-state index in [4.69, 9.17) is 4.98 Å². The van der Waals surface area contributed by atoms with Crippen LogP contribution in [0.3, 0.4) is 0 Å². The molecule has 7 heteroatoms. The number of imide groups is 1. The van der Waals surface area contributed by atoms with Crippen LogP contribution in [0.25, 0.3) is 11.0 Å². The van der Waals surface area contributed by atoms with Crippen molar-refractivity contribution in [2.24, 2.45) is 0 Å². The van der Waals surface area contributed by atoms with Crippen LogP contribution in [-0.4, -0.2) is 56.6 Å². The van der Waals surface area contributed by atoms with Crippen molar-refractivity contribution in [2.75, 3.05) is 13.1 Å². The van der Waals surface area contributed by atoms with Gasteiger partial charge < -0.3 is 9.88 Å². The summed E-state index contributed by atoms with van der Waals surface area (Å²) in [5.74, 6) is 0.584. The summed E-state index contributed by atoms with van der Waals surface area (Å²) in [5, 5.41) is 0. The molecule has 3 heterocycles. The van der Waals surface area contributed by atoms with E-state index in [1.807, 2.05) is 43.0 Å². The number of rotatable bonds is 4. The van der Waals surface area contributed by atoms with Gasteiger partial charge in [0, 0.05) is 30.6 Å². The number of nitrogens with one attached hydrogen (secondary N) is 1. The average molecular weight is 431 g/mol. The van der Waals surface area contributed by atoms with Crippen LogP contribution in [0.4, 0.5) is 0 Å². The molecule has 1 saturated heterocycles. The van der Waals surface area contributed by atoms with Gasteiger partial charge in [0.25, 0.3) is 17.7 Å². The molecule has 1 unspecified atom stereocenters. The molecule has 164 valence electrons. The summed E-state index contributed by atoms with van der Waals surface area (Å²) >= 11 is 0. The van der Waals surface area contributed by atoms with E-state index in [-0.39, 0.29) is 29.7 Å². The second-order valence-corrected chi connectivity index (χ2v) is 8.70. The zero-order chi connectivity index (χ0) is 22.4. The number of hydrogen-bond donors (Lipinski definition) is 1. The topological polar surface area (TPSA) is 86.4 Å². The highest BCUT2D eigenvalue weighted by molar-refractivity contribution is 6.22. The van der Waals surface area contributed by atoms with Crippen molar-refractivity contribution in [1.29, 1.82) is 0 Å². The standard InChI is InChI=1S/C25H26N4O3/c1-3-15(2)29-24(31)18-9-8-17(14-19(18)25(29)32)23(30)28-12-10-16(11-13-28)22-26-20-6-4-5-7-21(20)27-22/h4-9,14-16H,3,10-13H2,1-2H3,(H,26,27). The summed E-state index contributed by atoms with van der Waals surface area (Å²) in [7, 11) is 0. The smallest absolute Gasteiger partial charge is 0.261 e. The molecular formula is C25H26N4O3. The lowest BCUT2D eigenvalue weighted by atomic mass is 9.95. The number of hydrogen-bond acceptors (Lipinski definition) is 4. The summed E-state index contributed by atoms with van der Waals surface area (Å²) in [4.78, 5) is 49.8. The number of likely N-dealkylation sites (tertiary alicyclic amines) is 1.